The molecule has 0 bridgehead atoms. The molecule has 2 aromatic carbocycles. The molecular weight excluding hydrogens is 377 g/mol. The lowest BCUT2D eigenvalue weighted by Crippen LogP contribution is -2.33. The van der Waals surface area contributed by atoms with Crippen LogP contribution in [0.3, 0.4) is 0 Å². The molecule has 0 aliphatic carbocycles. The average molecular weight is 396 g/mol. The van der Waals surface area contributed by atoms with Crippen LogP contribution in [0.25, 0.3) is 0 Å². The number of carbonyl (C=O) groups excluding carboxylic acids is 1. The second-order valence-corrected chi connectivity index (χ2v) is 6.07. The van der Waals surface area contributed by atoms with Crippen molar-refractivity contribution in [3.05, 3.63) is 58.4 Å². The van der Waals surface area contributed by atoms with Crippen LogP contribution >= 0.6 is 11.6 Å². The zero-order chi connectivity index (χ0) is 20.0. The highest BCUT2D eigenvalue weighted by molar-refractivity contribution is 6.32. The van der Waals surface area contributed by atoms with Crippen LogP contribution in [0.15, 0.2) is 36.4 Å². The lowest BCUT2D eigenvalue weighted by Gasteiger charge is -2.16. The van der Waals surface area contributed by atoms with E-state index in [1.165, 1.54) is 38.5 Å². The third kappa shape index (κ3) is 5.10. The lowest BCUT2D eigenvalue weighted by atomic mass is 10.1. The second kappa shape index (κ2) is 9.23. The minimum atomic E-state index is -1.28. The normalized spacial score (nSPS) is 11.6. The van der Waals surface area contributed by atoms with Crippen molar-refractivity contribution in [3.63, 3.8) is 0 Å². The van der Waals surface area contributed by atoms with Crippen molar-refractivity contribution in [2.75, 3.05) is 14.2 Å². The van der Waals surface area contributed by atoms with Gasteiger partial charge in [-0.2, -0.15) is 0 Å². The Labute approximate surface area is 160 Å². The van der Waals surface area contributed by atoms with E-state index in [1.54, 1.807) is 12.1 Å². The maximum absolute atomic E-state index is 14.1. The molecule has 2 aromatic rings. The molecule has 1 amide bonds. The maximum atomic E-state index is 14.1. The molecule has 8 heteroatoms. The number of nitrogens with one attached hydrogen (secondary N) is 1. The monoisotopic (exact) mass is 395 g/mol. The lowest BCUT2D eigenvalue weighted by molar-refractivity contribution is -0.142. The fourth-order valence-electron chi connectivity index (χ4n) is 2.54. The molecule has 1 unspecified atom stereocenters. The van der Waals surface area contributed by atoms with Crippen molar-refractivity contribution >= 4 is 23.5 Å². The number of benzene rings is 2. The van der Waals surface area contributed by atoms with Crippen LogP contribution in [0, 0.1) is 5.82 Å². The number of ether oxygens (including phenoxy) is 2. The summed E-state index contributed by atoms with van der Waals surface area (Å²) in [4.78, 5) is 23.7. The van der Waals surface area contributed by atoms with Crippen molar-refractivity contribution in [2.45, 2.75) is 18.9 Å². The predicted octanol–water partition coefficient (Wildman–Crippen LogP) is 3.37. The Kier molecular flexibility index (Phi) is 7.01. The molecule has 6 nitrogen and oxygen atoms in total. The summed E-state index contributed by atoms with van der Waals surface area (Å²) < 4.78 is 24.0. The number of aryl methyl sites for hydroxylation is 1. The van der Waals surface area contributed by atoms with E-state index in [-0.39, 0.29) is 23.6 Å². The van der Waals surface area contributed by atoms with E-state index in [0.29, 0.717) is 16.9 Å². The summed E-state index contributed by atoms with van der Waals surface area (Å²) in [5.41, 5.74) is 0.609. The number of halogens is 2. The van der Waals surface area contributed by atoms with Crippen LogP contribution in [0.5, 0.6) is 11.5 Å². The summed E-state index contributed by atoms with van der Waals surface area (Å²) >= 11 is 6.02. The van der Waals surface area contributed by atoms with Gasteiger partial charge in [-0.25, -0.2) is 9.18 Å². The van der Waals surface area contributed by atoms with Gasteiger partial charge in [-0.15, -0.1) is 0 Å². The van der Waals surface area contributed by atoms with E-state index in [9.17, 15) is 19.1 Å². The molecule has 2 N–H and O–H groups in total. The Balaban J connectivity index is 2.07. The van der Waals surface area contributed by atoms with E-state index < -0.39 is 23.7 Å². The molecule has 0 aliphatic rings. The first-order valence-electron chi connectivity index (χ1n) is 8.04. The first kappa shape index (κ1) is 20.5. The Bertz CT molecular complexity index is 843. The van der Waals surface area contributed by atoms with Gasteiger partial charge in [0.05, 0.1) is 19.2 Å². The molecule has 0 aliphatic heterocycles. The van der Waals surface area contributed by atoms with Gasteiger partial charge >= 0.3 is 5.97 Å². The smallest absolute Gasteiger partial charge is 0.330 e. The number of amides is 1. The number of carboxylic acid groups (broad SMARTS) is 1. The largest absolute Gasteiger partial charge is 0.495 e. The van der Waals surface area contributed by atoms with Gasteiger partial charge < -0.3 is 19.9 Å². The minimum absolute atomic E-state index is 0.0856. The number of methoxy groups -OCH3 is 2. The molecule has 0 heterocycles. The van der Waals surface area contributed by atoms with Gasteiger partial charge in [0.25, 0.3) is 0 Å². The Hall–Kier alpha value is -2.80. The van der Waals surface area contributed by atoms with Crippen LogP contribution in [0.4, 0.5) is 4.39 Å². The molecular formula is C19H19ClFNO5. The van der Waals surface area contributed by atoms with E-state index in [0.717, 1.165) is 0 Å². The number of aliphatic carboxylic acids is 1. The fraction of sp³-hybridized carbons (Fsp3) is 0.263. The summed E-state index contributed by atoms with van der Waals surface area (Å²) in [6, 6.07) is 7.80. The van der Waals surface area contributed by atoms with E-state index in [2.05, 4.69) is 5.32 Å². The predicted molar refractivity (Wildman–Crippen MR) is 97.8 cm³/mol. The Morgan fingerprint density at radius 3 is 2.48 bits per heavy atom. The highest BCUT2D eigenvalue weighted by Crippen LogP contribution is 2.28. The number of hydrogen-bond acceptors (Lipinski definition) is 4. The number of hydrogen-bond donors (Lipinski definition) is 2. The molecule has 1 atom stereocenters. The van der Waals surface area contributed by atoms with Crippen LogP contribution in [0.2, 0.25) is 5.02 Å². The summed E-state index contributed by atoms with van der Waals surface area (Å²) in [7, 11) is 2.79. The van der Waals surface area contributed by atoms with E-state index in [4.69, 9.17) is 21.1 Å². The van der Waals surface area contributed by atoms with Gasteiger partial charge in [0.2, 0.25) is 5.91 Å². The van der Waals surface area contributed by atoms with Gasteiger partial charge in [0, 0.05) is 6.42 Å². The Morgan fingerprint density at radius 2 is 1.89 bits per heavy atom. The molecule has 0 fully saturated rings. The van der Waals surface area contributed by atoms with Crippen molar-refractivity contribution in [1.29, 1.82) is 0 Å². The van der Waals surface area contributed by atoms with Crippen molar-refractivity contribution in [2.24, 2.45) is 0 Å². The fourth-order valence-corrected chi connectivity index (χ4v) is 2.80. The second-order valence-electron chi connectivity index (χ2n) is 5.67. The van der Waals surface area contributed by atoms with Crippen LogP contribution < -0.4 is 14.8 Å². The first-order valence-corrected chi connectivity index (χ1v) is 8.42. The van der Waals surface area contributed by atoms with E-state index >= 15 is 0 Å². The van der Waals surface area contributed by atoms with Gasteiger partial charge in [-0.05, 0) is 35.7 Å². The van der Waals surface area contributed by atoms with Crippen molar-refractivity contribution < 1.29 is 28.6 Å². The topological polar surface area (TPSA) is 84.9 Å². The summed E-state index contributed by atoms with van der Waals surface area (Å²) in [5.74, 6) is -1.83. The van der Waals surface area contributed by atoms with Crippen LogP contribution in [0.1, 0.15) is 23.6 Å². The standard InChI is InChI=1S/C19H19ClFNO5/c1-26-14-8-6-12(10-13(14)20)18(19(24)25)22-16(23)9-7-11-4-3-5-15(27-2)17(11)21/h3-6,8,10,18H,7,9H2,1-2H3,(H,22,23)(H,24,25). The Morgan fingerprint density at radius 1 is 1.19 bits per heavy atom. The first-order chi connectivity index (χ1) is 12.9. The molecule has 144 valence electrons. The van der Waals surface area contributed by atoms with Crippen molar-refractivity contribution in [1.82, 2.24) is 5.32 Å². The summed E-state index contributed by atoms with van der Waals surface area (Å²) in [6.07, 6.45) is 0.0162. The zero-order valence-electron chi connectivity index (χ0n) is 14.8. The average Bonchev–Trinajstić information content (AvgIpc) is 2.65. The number of carboxylic acids is 1. The number of carbonyl (C=O) groups is 2. The van der Waals surface area contributed by atoms with Gasteiger partial charge in [0.1, 0.15) is 5.75 Å². The number of rotatable bonds is 8. The van der Waals surface area contributed by atoms with Crippen LogP contribution in [-0.2, 0) is 16.0 Å². The highest BCUT2D eigenvalue weighted by Gasteiger charge is 2.23. The molecule has 0 saturated heterocycles. The molecule has 0 spiro atoms. The third-order valence-electron chi connectivity index (χ3n) is 3.95. The summed E-state index contributed by atoms with van der Waals surface area (Å²) in [6.45, 7) is 0. The third-order valence-corrected chi connectivity index (χ3v) is 4.24. The van der Waals surface area contributed by atoms with Gasteiger partial charge in [-0.3, -0.25) is 4.79 Å². The van der Waals surface area contributed by atoms with Gasteiger partial charge in [0.15, 0.2) is 17.6 Å². The van der Waals surface area contributed by atoms with Gasteiger partial charge in [-0.1, -0.05) is 29.8 Å². The highest BCUT2D eigenvalue weighted by atomic mass is 35.5. The molecule has 2 rings (SSSR count). The molecule has 27 heavy (non-hydrogen) atoms. The van der Waals surface area contributed by atoms with E-state index in [1.807, 2.05) is 0 Å². The minimum Gasteiger partial charge on any atom is -0.495 e. The zero-order valence-corrected chi connectivity index (χ0v) is 15.5. The maximum Gasteiger partial charge on any atom is 0.330 e. The SMILES string of the molecule is COc1ccc(C(NC(=O)CCc2cccc(OC)c2F)C(=O)O)cc1Cl. The molecule has 0 saturated carbocycles. The molecule has 0 aromatic heterocycles. The van der Waals surface area contributed by atoms with Crippen molar-refractivity contribution in [3.8, 4) is 11.5 Å². The molecule has 0 radical (unpaired) electrons. The van der Waals surface area contributed by atoms with Crippen LogP contribution in [-0.4, -0.2) is 31.2 Å². The quantitative estimate of drug-likeness (QED) is 0.715. The summed E-state index contributed by atoms with van der Waals surface area (Å²) in [5, 5.41) is 12.1.